The van der Waals surface area contributed by atoms with Crippen molar-refractivity contribution in [3.63, 3.8) is 0 Å². The fourth-order valence-electron chi connectivity index (χ4n) is 2.51. The minimum atomic E-state index is -3.70. The van der Waals surface area contributed by atoms with Gasteiger partial charge in [0.15, 0.2) is 9.84 Å². The van der Waals surface area contributed by atoms with Crippen LogP contribution in [-0.4, -0.2) is 26.0 Å². The minimum Gasteiger partial charge on any atom is -0.325 e. The maximum Gasteiger partial charge on any atom is 0.255 e. The van der Waals surface area contributed by atoms with E-state index < -0.39 is 21.5 Å². The maximum atomic E-state index is 12.2. The van der Waals surface area contributed by atoms with Crippen LogP contribution in [0.4, 0.5) is 11.4 Å². The maximum absolute atomic E-state index is 12.2. The highest BCUT2D eigenvalue weighted by Gasteiger charge is 2.19. The Hall–Kier alpha value is -3.45. The van der Waals surface area contributed by atoms with E-state index in [-0.39, 0.29) is 10.8 Å². The van der Waals surface area contributed by atoms with E-state index in [2.05, 4.69) is 10.6 Å². The molecule has 3 rings (SSSR count). The van der Waals surface area contributed by atoms with Crippen molar-refractivity contribution >= 4 is 33.0 Å². The van der Waals surface area contributed by atoms with Gasteiger partial charge in [0.25, 0.3) is 5.91 Å². The molecule has 0 heterocycles. The SMILES string of the molecule is O=C(CS(=O)(=O)c1ccccc1)Nc1ccc(NC(=O)c2ccccc2)cc1. The summed E-state index contributed by atoms with van der Waals surface area (Å²) in [5.41, 5.74) is 1.53. The third-order valence-electron chi connectivity index (χ3n) is 3.89. The van der Waals surface area contributed by atoms with Crippen LogP contribution in [-0.2, 0) is 14.6 Å². The Kier molecular flexibility index (Phi) is 5.86. The van der Waals surface area contributed by atoms with Crippen molar-refractivity contribution in [2.24, 2.45) is 0 Å². The molecule has 0 saturated carbocycles. The molecule has 2 N–H and O–H groups in total. The van der Waals surface area contributed by atoms with Crippen molar-refractivity contribution in [1.29, 1.82) is 0 Å². The Bertz CT molecular complexity index is 1060. The lowest BCUT2D eigenvalue weighted by Gasteiger charge is -2.09. The summed E-state index contributed by atoms with van der Waals surface area (Å²) in [6.45, 7) is 0. The number of benzene rings is 3. The number of carbonyl (C=O) groups excluding carboxylic acids is 2. The first kappa shape index (κ1) is 19.3. The van der Waals surface area contributed by atoms with Gasteiger partial charge in [0.05, 0.1) is 4.90 Å². The smallest absolute Gasteiger partial charge is 0.255 e. The molecule has 3 aromatic carbocycles. The number of hydrogen-bond donors (Lipinski definition) is 2. The molecule has 0 radical (unpaired) electrons. The summed E-state index contributed by atoms with van der Waals surface area (Å²) in [5.74, 6) is -1.53. The van der Waals surface area contributed by atoms with Crippen LogP contribution in [0.5, 0.6) is 0 Å². The van der Waals surface area contributed by atoms with Crippen LogP contribution in [0.25, 0.3) is 0 Å². The number of sulfone groups is 1. The van der Waals surface area contributed by atoms with Crippen molar-refractivity contribution in [1.82, 2.24) is 0 Å². The second-order valence-corrected chi connectivity index (χ2v) is 8.01. The van der Waals surface area contributed by atoms with Gasteiger partial charge < -0.3 is 10.6 Å². The highest BCUT2D eigenvalue weighted by molar-refractivity contribution is 7.92. The minimum absolute atomic E-state index is 0.101. The summed E-state index contributed by atoms with van der Waals surface area (Å²) >= 11 is 0. The number of rotatable bonds is 6. The van der Waals surface area contributed by atoms with Crippen LogP contribution in [0, 0.1) is 0 Å². The van der Waals surface area contributed by atoms with E-state index in [0.29, 0.717) is 16.9 Å². The molecule has 0 atom stereocenters. The molecule has 6 nitrogen and oxygen atoms in total. The van der Waals surface area contributed by atoms with E-state index in [0.717, 1.165) is 0 Å². The first-order valence-corrected chi connectivity index (χ1v) is 10.1. The third kappa shape index (κ3) is 5.05. The lowest BCUT2D eigenvalue weighted by atomic mass is 10.2. The van der Waals surface area contributed by atoms with Crippen molar-refractivity contribution in [3.05, 3.63) is 90.5 Å². The normalized spacial score (nSPS) is 10.9. The van der Waals surface area contributed by atoms with Crippen molar-refractivity contribution in [2.75, 3.05) is 16.4 Å². The van der Waals surface area contributed by atoms with Crippen LogP contribution < -0.4 is 10.6 Å². The second-order valence-electron chi connectivity index (χ2n) is 6.02. The quantitative estimate of drug-likeness (QED) is 0.671. The molecule has 0 unspecified atom stereocenters. The Morgan fingerprint density at radius 3 is 1.75 bits per heavy atom. The van der Waals surface area contributed by atoms with Crippen LogP contribution in [0.1, 0.15) is 10.4 Å². The Balaban J connectivity index is 1.59. The molecule has 0 aliphatic heterocycles. The van der Waals surface area contributed by atoms with E-state index in [1.54, 1.807) is 66.7 Å². The van der Waals surface area contributed by atoms with Gasteiger partial charge in [-0.05, 0) is 48.5 Å². The standard InChI is InChI=1S/C21H18N2O4S/c24-20(15-28(26,27)19-9-5-2-6-10-19)22-17-11-13-18(14-12-17)23-21(25)16-7-3-1-4-8-16/h1-14H,15H2,(H,22,24)(H,23,25). The number of anilines is 2. The molecule has 28 heavy (non-hydrogen) atoms. The fourth-order valence-corrected chi connectivity index (χ4v) is 3.67. The van der Waals surface area contributed by atoms with Crippen LogP contribution in [0.15, 0.2) is 89.8 Å². The highest BCUT2D eigenvalue weighted by atomic mass is 32.2. The van der Waals surface area contributed by atoms with E-state index in [1.807, 2.05) is 6.07 Å². The predicted octanol–water partition coefficient (Wildman–Crippen LogP) is 3.35. The molecule has 7 heteroatoms. The molecule has 0 bridgehead atoms. The third-order valence-corrected chi connectivity index (χ3v) is 5.52. The van der Waals surface area contributed by atoms with Gasteiger partial charge in [0, 0.05) is 16.9 Å². The molecule has 3 aromatic rings. The topological polar surface area (TPSA) is 92.3 Å². The zero-order chi connectivity index (χ0) is 20.0. The summed E-state index contributed by atoms with van der Waals surface area (Å²) in [6.07, 6.45) is 0. The Labute approximate surface area is 163 Å². The van der Waals surface area contributed by atoms with Gasteiger partial charge in [-0.15, -0.1) is 0 Å². The van der Waals surface area contributed by atoms with Gasteiger partial charge in [-0.3, -0.25) is 9.59 Å². The van der Waals surface area contributed by atoms with E-state index in [1.165, 1.54) is 12.1 Å². The van der Waals surface area contributed by atoms with Crippen LogP contribution >= 0.6 is 0 Å². The van der Waals surface area contributed by atoms with E-state index >= 15 is 0 Å². The molecule has 0 aliphatic rings. The molecular formula is C21H18N2O4S. The average molecular weight is 394 g/mol. The molecule has 142 valence electrons. The first-order chi connectivity index (χ1) is 13.4. The zero-order valence-corrected chi connectivity index (χ0v) is 15.6. The predicted molar refractivity (Wildman–Crippen MR) is 108 cm³/mol. The molecule has 0 aliphatic carbocycles. The van der Waals surface area contributed by atoms with Gasteiger partial charge >= 0.3 is 0 Å². The van der Waals surface area contributed by atoms with Gasteiger partial charge in [-0.1, -0.05) is 36.4 Å². The van der Waals surface area contributed by atoms with Gasteiger partial charge in [-0.2, -0.15) is 0 Å². The summed E-state index contributed by atoms with van der Waals surface area (Å²) in [6, 6.07) is 23.0. The van der Waals surface area contributed by atoms with Gasteiger partial charge in [0.2, 0.25) is 5.91 Å². The molecule has 0 saturated heterocycles. The highest BCUT2D eigenvalue weighted by Crippen LogP contribution is 2.16. The van der Waals surface area contributed by atoms with Crippen LogP contribution in [0.2, 0.25) is 0 Å². The molecule has 0 aromatic heterocycles. The summed E-state index contributed by atoms with van der Waals surface area (Å²) in [7, 11) is -3.70. The molecule has 2 amide bonds. The first-order valence-electron chi connectivity index (χ1n) is 8.48. The lowest BCUT2D eigenvalue weighted by molar-refractivity contribution is -0.113. The van der Waals surface area contributed by atoms with Crippen LogP contribution in [0.3, 0.4) is 0 Å². The summed E-state index contributed by atoms with van der Waals surface area (Å²) in [5, 5.41) is 5.30. The van der Waals surface area contributed by atoms with Gasteiger partial charge in [-0.25, -0.2) is 8.42 Å². The number of amides is 2. The van der Waals surface area contributed by atoms with E-state index in [9.17, 15) is 18.0 Å². The molecular weight excluding hydrogens is 376 g/mol. The summed E-state index contributed by atoms with van der Waals surface area (Å²) in [4.78, 5) is 24.3. The lowest BCUT2D eigenvalue weighted by Crippen LogP contribution is -2.23. The Morgan fingerprint density at radius 1 is 0.679 bits per heavy atom. The number of nitrogens with one attached hydrogen (secondary N) is 2. The van der Waals surface area contributed by atoms with Crippen molar-refractivity contribution in [3.8, 4) is 0 Å². The molecule has 0 fully saturated rings. The number of hydrogen-bond acceptors (Lipinski definition) is 4. The number of carbonyl (C=O) groups is 2. The van der Waals surface area contributed by atoms with Crippen molar-refractivity contribution < 1.29 is 18.0 Å². The average Bonchev–Trinajstić information content (AvgIpc) is 2.70. The molecule has 0 spiro atoms. The van der Waals surface area contributed by atoms with E-state index in [4.69, 9.17) is 0 Å². The zero-order valence-electron chi connectivity index (χ0n) is 14.8. The summed E-state index contributed by atoms with van der Waals surface area (Å²) < 4.78 is 24.5. The fraction of sp³-hybridized carbons (Fsp3) is 0.0476. The largest absolute Gasteiger partial charge is 0.325 e. The van der Waals surface area contributed by atoms with Gasteiger partial charge in [0.1, 0.15) is 5.75 Å². The van der Waals surface area contributed by atoms with Crippen molar-refractivity contribution in [2.45, 2.75) is 4.90 Å². The monoisotopic (exact) mass is 394 g/mol. The Morgan fingerprint density at radius 2 is 1.18 bits per heavy atom. The second kappa shape index (κ2) is 8.49.